The molecule has 1 aromatic heterocycles. The third kappa shape index (κ3) is 4.42. The second kappa shape index (κ2) is 8.26. The van der Waals surface area contributed by atoms with Crippen molar-refractivity contribution < 1.29 is 14.6 Å². The van der Waals surface area contributed by atoms with Crippen LogP contribution in [0.25, 0.3) is 10.9 Å². The van der Waals surface area contributed by atoms with Gasteiger partial charge in [-0.2, -0.15) is 0 Å². The van der Waals surface area contributed by atoms with Crippen LogP contribution < -0.4 is 5.56 Å². The molecule has 0 aliphatic carbocycles. The zero-order valence-electron chi connectivity index (χ0n) is 12.2. The van der Waals surface area contributed by atoms with Crippen LogP contribution >= 0.6 is 24.8 Å². The van der Waals surface area contributed by atoms with Crippen LogP contribution in [0.15, 0.2) is 23.0 Å². The number of carboxylic acid groups (broad SMARTS) is 1. The number of benzene rings is 1. The predicted molar refractivity (Wildman–Crippen MR) is 89.9 cm³/mol. The summed E-state index contributed by atoms with van der Waals surface area (Å²) in [6.45, 7) is 3.43. The molecule has 1 fully saturated rings. The minimum atomic E-state index is -1.03. The molecule has 126 valence electrons. The topological polar surface area (TPSA) is 95.5 Å². The van der Waals surface area contributed by atoms with Crippen molar-refractivity contribution in [3.8, 4) is 0 Å². The predicted octanol–water partition coefficient (Wildman–Crippen LogP) is 1.30. The van der Waals surface area contributed by atoms with E-state index < -0.39 is 5.97 Å². The molecule has 2 aromatic rings. The van der Waals surface area contributed by atoms with Crippen LogP contribution in [-0.2, 0) is 11.3 Å². The zero-order chi connectivity index (χ0) is 14.8. The SMILES string of the molecule is Cl.Cl.O=C(O)c1ccc2c(=O)[nH]c(CN3CCOCC3)nc2c1. The van der Waals surface area contributed by atoms with Gasteiger partial charge in [0.1, 0.15) is 5.82 Å². The number of morpholine rings is 1. The maximum Gasteiger partial charge on any atom is 0.335 e. The quantitative estimate of drug-likeness (QED) is 0.855. The molecule has 1 saturated heterocycles. The summed E-state index contributed by atoms with van der Waals surface area (Å²) < 4.78 is 5.27. The summed E-state index contributed by atoms with van der Waals surface area (Å²) >= 11 is 0. The molecule has 2 heterocycles. The van der Waals surface area contributed by atoms with Crippen LogP contribution in [0.1, 0.15) is 16.2 Å². The third-order valence-corrected chi connectivity index (χ3v) is 3.48. The Morgan fingerprint density at radius 2 is 2.00 bits per heavy atom. The number of H-pyrrole nitrogens is 1. The van der Waals surface area contributed by atoms with E-state index in [1.807, 2.05) is 0 Å². The van der Waals surface area contributed by atoms with Gasteiger partial charge in [-0.05, 0) is 18.2 Å². The average molecular weight is 362 g/mol. The number of aromatic carboxylic acids is 1. The maximum atomic E-state index is 12.0. The molecule has 7 nitrogen and oxygen atoms in total. The molecule has 0 amide bonds. The molecule has 0 saturated carbocycles. The molecule has 1 aromatic carbocycles. The van der Waals surface area contributed by atoms with Crippen molar-refractivity contribution >= 4 is 41.7 Å². The van der Waals surface area contributed by atoms with Gasteiger partial charge >= 0.3 is 5.97 Å². The normalized spacial score (nSPS) is 14.8. The molecular weight excluding hydrogens is 345 g/mol. The van der Waals surface area contributed by atoms with Crippen LogP contribution in [0.4, 0.5) is 0 Å². The van der Waals surface area contributed by atoms with E-state index in [0.717, 1.165) is 13.1 Å². The molecule has 0 atom stereocenters. The molecule has 0 bridgehead atoms. The number of hydrogen-bond acceptors (Lipinski definition) is 5. The largest absolute Gasteiger partial charge is 0.478 e. The van der Waals surface area contributed by atoms with Gasteiger partial charge in [-0.25, -0.2) is 9.78 Å². The first-order valence-corrected chi connectivity index (χ1v) is 6.70. The van der Waals surface area contributed by atoms with Crippen molar-refractivity contribution in [3.05, 3.63) is 39.9 Å². The van der Waals surface area contributed by atoms with E-state index in [1.165, 1.54) is 18.2 Å². The Morgan fingerprint density at radius 3 is 2.65 bits per heavy atom. The third-order valence-electron chi connectivity index (χ3n) is 3.48. The van der Waals surface area contributed by atoms with Crippen molar-refractivity contribution in [2.24, 2.45) is 0 Å². The minimum absolute atomic E-state index is 0. The number of aromatic nitrogens is 2. The highest BCUT2D eigenvalue weighted by molar-refractivity contribution is 5.92. The summed E-state index contributed by atoms with van der Waals surface area (Å²) in [7, 11) is 0. The summed E-state index contributed by atoms with van der Waals surface area (Å²) in [5.74, 6) is -0.495. The smallest absolute Gasteiger partial charge is 0.335 e. The molecule has 1 aliphatic rings. The number of hydrogen-bond donors (Lipinski definition) is 2. The summed E-state index contributed by atoms with van der Waals surface area (Å²) in [4.78, 5) is 32.3. The number of aromatic amines is 1. The Kier molecular flexibility index (Phi) is 6.96. The van der Waals surface area contributed by atoms with Crippen molar-refractivity contribution in [2.75, 3.05) is 26.3 Å². The number of rotatable bonds is 3. The van der Waals surface area contributed by atoms with E-state index in [9.17, 15) is 9.59 Å². The number of nitrogens with zero attached hydrogens (tertiary/aromatic N) is 2. The highest BCUT2D eigenvalue weighted by Gasteiger charge is 2.13. The standard InChI is InChI=1S/C14H15N3O4.2ClH/c18-13-10-2-1-9(14(19)20)7-11(10)15-12(16-13)8-17-3-5-21-6-4-17;;/h1-2,7H,3-6,8H2,(H,19,20)(H,15,16,18);2*1H. The fourth-order valence-corrected chi connectivity index (χ4v) is 2.37. The molecule has 3 rings (SSSR count). The van der Waals surface area contributed by atoms with Gasteiger partial charge in [0.05, 0.1) is 36.2 Å². The van der Waals surface area contributed by atoms with Crippen LogP contribution in [-0.4, -0.2) is 52.2 Å². The molecule has 9 heteroatoms. The van der Waals surface area contributed by atoms with Crippen LogP contribution in [0.5, 0.6) is 0 Å². The van der Waals surface area contributed by atoms with Gasteiger partial charge in [0, 0.05) is 13.1 Å². The van der Waals surface area contributed by atoms with Crippen LogP contribution in [0.2, 0.25) is 0 Å². The molecule has 2 N–H and O–H groups in total. The van der Waals surface area contributed by atoms with Crippen molar-refractivity contribution in [2.45, 2.75) is 6.54 Å². The fraction of sp³-hybridized carbons (Fsp3) is 0.357. The number of ether oxygens (including phenoxy) is 1. The molecule has 23 heavy (non-hydrogen) atoms. The van der Waals surface area contributed by atoms with E-state index in [1.54, 1.807) is 0 Å². The molecule has 1 aliphatic heterocycles. The van der Waals surface area contributed by atoms with Gasteiger partial charge in [0.25, 0.3) is 5.56 Å². The first-order valence-electron chi connectivity index (χ1n) is 6.70. The fourth-order valence-electron chi connectivity index (χ4n) is 2.37. The number of carboxylic acids is 1. The van der Waals surface area contributed by atoms with Crippen LogP contribution in [0, 0.1) is 0 Å². The Morgan fingerprint density at radius 1 is 1.30 bits per heavy atom. The zero-order valence-corrected chi connectivity index (χ0v) is 13.8. The van der Waals surface area contributed by atoms with E-state index in [4.69, 9.17) is 9.84 Å². The lowest BCUT2D eigenvalue weighted by Gasteiger charge is -2.25. The Labute approximate surface area is 144 Å². The molecule has 0 radical (unpaired) electrons. The van der Waals surface area contributed by atoms with Crippen molar-refractivity contribution in [1.29, 1.82) is 0 Å². The summed E-state index contributed by atoms with van der Waals surface area (Å²) in [6, 6.07) is 4.32. The van der Waals surface area contributed by atoms with Crippen molar-refractivity contribution in [1.82, 2.24) is 14.9 Å². The lowest BCUT2D eigenvalue weighted by molar-refractivity contribution is 0.0331. The van der Waals surface area contributed by atoms with Gasteiger partial charge in [0.2, 0.25) is 0 Å². The monoisotopic (exact) mass is 361 g/mol. The number of fused-ring (bicyclic) bond motifs is 1. The van der Waals surface area contributed by atoms with Crippen molar-refractivity contribution in [3.63, 3.8) is 0 Å². The van der Waals surface area contributed by atoms with Crippen LogP contribution in [0.3, 0.4) is 0 Å². The average Bonchev–Trinajstić information content (AvgIpc) is 2.47. The first kappa shape index (κ1) is 19.4. The van der Waals surface area contributed by atoms with Gasteiger partial charge < -0.3 is 14.8 Å². The lowest BCUT2D eigenvalue weighted by Crippen LogP contribution is -2.36. The Balaban J connectivity index is 0.00000132. The van der Waals surface area contributed by atoms with Gasteiger partial charge in [-0.3, -0.25) is 9.69 Å². The summed E-state index contributed by atoms with van der Waals surface area (Å²) in [5, 5.41) is 9.40. The molecular formula is C14H17Cl2N3O4. The highest BCUT2D eigenvalue weighted by atomic mass is 35.5. The first-order chi connectivity index (χ1) is 10.1. The van der Waals surface area contributed by atoms with E-state index in [0.29, 0.717) is 36.5 Å². The lowest BCUT2D eigenvalue weighted by atomic mass is 10.1. The number of nitrogens with one attached hydrogen (secondary N) is 1. The van der Waals surface area contributed by atoms with Gasteiger partial charge in [0.15, 0.2) is 0 Å². The van der Waals surface area contributed by atoms with E-state index >= 15 is 0 Å². The Bertz CT molecular complexity index is 744. The second-order valence-electron chi connectivity index (χ2n) is 4.94. The van der Waals surface area contributed by atoms with Gasteiger partial charge in [-0.1, -0.05) is 0 Å². The Hall–Kier alpha value is -1.67. The summed E-state index contributed by atoms with van der Waals surface area (Å²) in [6.07, 6.45) is 0. The second-order valence-corrected chi connectivity index (χ2v) is 4.94. The number of carbonyl (C=O) groups is 1. The highest BCUT2D eigenvalue weighted by Crippen LogP contribution is 2.11. The van der Waals surface area contributed by atoms with Gasteiger partial charge in [-0.15, -0.1) is 24.8 Å². The molecule has 0 unspecified atom stereocenters. The summed E-state index contributed by atoms with van der Waals surface area (Å²) in [5.41, 5.74) is 0.278. The van der Waals surface area contributed by atoms with E-state index in [-0.39, 0.29) is 35.9 Å². The van der Waals surface area contributed by atoms with E-state index in [2.05, 4.69) is 14.9 Å². The maximum absolute atomic E-state index is 12.0. The minimum Gasteiger partial charge on any atom is -0.478 e. The molecule has 0 spiro atoms. The number of halogens is 2.